The Morgan fingerprint density at radius 2 is 1.95 bits per heavy atom. The van der Waals surface area contributed by atoms with Crippen molar-refractivity contribution in [3.8, 4) is 22.5 Å². The molecule has 222 valence electrons. The Hall–Kier alpha value is -4.43. The molecule has 4 heterocycles. The molecule has 0 bridgehead atoms. The molecule has 2 N–H and O–H groups in total. The van der Waals surface area contributed by atoms with E-state index in [0.29, 0.717) is 35.2 Å². The highest BCUT2D eigenvalue weighted by molar-refractivity contribution is 6.31. The first-order valence-corrected chi connectivity index (χ1v) is 13.6. The Labute approximate surface area is 247 Å². The molecule has 0 spiro atoms. The molecule has 1 saturated carbocycles. The first kappa shape index (κ1) is 28.7. The third-order valence-electron chi connectivity index (χ3n) is 7.67. The number of rotatable bonds is 9. The van der Waals surface area contributed by atoms with E-state index in [0.717, 1.165) is 24.8 Å². The third-order valence-corrected chi connectivity index (χ3v) is 7.96. The Bertz CT molecular complexity index is 1750. The van der Waals surface area contributed by atoms with Gasteiger partial charge in [0.25, 0.3) is 12.3 Å². The lowest BCUT2D eigenvalue weighted by Crippen LogP contribution is -2.29. The number of benzene rings is 1. The number of carbonyl (C=O) groups is 2. The number of hydrogen-bond acceptors (Lipinski definition) is 8. The molecule has 4 aromatic rings. The monoisotopic (exact) mass is 612 g/mol. The predicted octanol–water partition coefficient (Wildman–Crippen LogP) is 4.36. The van der Waals surface area contributed by atoms with Gasteiger partial charge < -0.3 is 10.5 Å². The fourth-order valence-corrected chi connectivity index (χ4v) is 5.41. The van der Waals surface area contributed by atoms with Crippen molar-refractivity contribution in [1.29, 1.82) is 0 Å². The van der Waals surface area contributed by atoms with Gasteiger partial charge in [0.1, 0.15) is 5.69 Å². The van der Waals surface area contributed by atoms with E-state index in [4.69, 9.17) is 22.1 Å². The van der Waals surface area contributed by atoms with Gasteiger partial charge in [-0.15, -0.1) is 0 Å². The number of nitrogens with two attached hydrogens (primary N) is 1. The number of amides is 2. The lowest BCUT2D eigenvalue weighted by Gasteiger charge is -2.17. The van der Waals surface area contributed by atoms with Crippen LogP contribution in [0.1, 0.15) is 53.1 Å². The van der Waals surface area contributed by atoms with Crippen LogP contribution in [-0.4, -0.2) is 55.2 Å². The van der Waals surface area contributed by atoms with Crippen LogP contribution >= 0.6 is 11.6 Å². The van der Waals surface area contributed by atoms with Gasteiger partial charge in [-0.05, 0) is 25.3 Å². The Morgan fingerprint density at radius 1 is 1.21 bits per heavy atom. The van der Waals surface area contributed by atoms with Crippen LogP contribution < -0.4 is 10.6 Å². The summed E-state index contributed by atoms with van der Waals surface area (Å²) in [6, 6.07) is 1.59. The average molecular weight is 613 g/mol. The number of halogens is 4. The van der Waals surface area contributed by atoms with Gasteiger partial charge in [-0.25, -0.2) is 28.1 Å². The molecule has 2 aliphatic rings. The van der Waals surface area contributed by atoms with Crippen LogP contribution in [0.15, 0.2) is 36.9 Å². The van der Waals surface area contributed by atoms with E-state index >= 15 is 0 Å². The summed E-state index contributed by atoms with van der Waals surface area (Å²) in [4.78, 5) is 43.7. The molecule has 0 unspecified atom stereocenters. The summed E-state index contributed by atoms with van der Waals surface area (Å²) in [6.45, 7) is 2.49. The Kier molecular flexibility index (Phi) is 7.34. The summed E-state index contributed by atoms with van der Waals surface area (Å²) in [7, 11) is 1.46. The van der Waals surface area contributed by atoms with Crippen LogP contribution in [0.3, 0.4) is 0 Å². The van der Waals surface area contributed by atoms with Crippen LogP contribution in [0, 0.1) is 17.7 Å². The standard InChI is InChI=1S/C28H24ClF3N8O3/c1-12(14-6-35-28(36-7-14)39-9-13-5-16(13)27(39)42)40-10-17(20(38-40)11-43-2)23-24(26(33)41)37-19(8-34-23)21-15(25(31)32)3-4-18(29)22(21)30/h3-4,6-8,10,12-13,16,25H,5,9,11H2,1-2H3,(H2,33,41)/t12-,13+,16+/m0/s1. The third kappa shape index (κ3) is 5.10. The van der Waals surface area contributed by atoms with E-state index in [1.807, 2.05) is 6.92 Å². The number of alkyl halides is 2. The fourth-order valence-electron chi connectivity index (χ4n) is 5.25. The lowest BCUT2D eigenvalue weighted by atomic mass is 10.0. The van der Waals surface area contributed by atoms with Crippen molar-refractivity contribution in [3.63, 3.8) is 0 Å². The Morgan fingerprint density at radius 3 is 2.58 bits per heavy atom. The maximum absolute atomic E-state index is 14.9. The number of aromatic nitrogens is 6. The summed E-state index contributed by atoms with van der Waals surface area (Å²) >= 11 is 5.85. The summed E-state index contributed by atoms with van der Waals surface area (Å²) in [6.07, 6.45) is 3.78. The van der Waals surface area contributed by atoms with Gasteiger partial charge in [0, 0.05) is 60.4 Å². The first-order chi connectivity index (χ1) is 20.6. The highest BCUT2D eigenvalue weighted by atomic mass is 35.5. The molecule has 3 aromatic heterocycles. The molecule has 43 heavy (non-hydrogen) atoms. The van der Waals surface area contributed by atoms with E-state index in [1.165, 1.54) is 7.11 Å². The summed E-state index contributed by atoms with van der Waals surface area (Å²) < 4.78 is 49.2. The van der Waals surface area contributed by atoms with Gasteiger partial charge in [-0.1, -0.05) is 17.7 Å². The largest absolute Gasteiger partial charge is 0.378 e. The number of fused-ring (bicyclic) bond motifs is 1. The van der Waals surface area contributed by atoms with Crippen molar-refractivity contribution >= 4 is 29.4 Å². The van der Waals surface area contributed by atoms with E-state index in [2.05, 4.69) is 25.0 Å². The zero-order chi connectivity index (χ0) is 30.6. The lowest BCUT2D eigenvalue weighted by molar-refractivity contribution is -0.118. The number of anilines is 1. The molecule has 1 aromatic carbocycles. The first-order valence-electron chi connectivity index (χ1n) is 13.2. The average Bonchev–Trinajstić information content (AvgIpc) is 3.53. The topological polar surface area (TPSA) is 142 Å². The number of ether oxygens (including phenoxy) is 1. The molecule has 0 radical (unpaired) electrons. The van der Waals surface area contributed by atoms with Crippen molar-refractivity contribution < 1.29 is 27.5 Å². The summed E-state index contributed by atoms with van der Waals surface area (Å²) in [5.74, 6) is -1.28. The number of primary amides is 1. The second kappa shape index (κ2) is 11.0. The van der Waals surface area contributed by atoms with Crippen molar-refractivity contribution in [1.82, 2.24) is 29.7 Å². The van der Waals surface area contributed by atoms with E-state index < -0.39 is 40.3 Å². The Balaban J connectivity index is 1.36. The van der Waals surface area contributed by atoms with Crippen molar-refractivity contribution in [2.45, 2.75) is 32.4 Å². The van der Waals surface area contributed by atoms with Gasteiger partial charge in [0.2, 0.25) is 11.9 Å². The molecule has 6 rings (SSSR count). The quantitative estimate of drug-likeness (QED) is 0.294. The zero-order valence-corrected chi connectivity index (χ0v) is 23.6. The second-order valence-corrected chi connectivity index (χ2v) is 10.8. The molecule has 2 amide bonds. The molecule has 15 heteroatoms. The fraction of sp³-hybridized carbons (Fsp3) is 0.321. The van der Waals surface area contributed by atoms with Crippen LogP contribution in [0.5, 0.6) is 0 Å². The maximum atomic E-state index is 14.9. The molecule has 3 atom stereocenters. The molecule has 2 fully saturated rings. The van der Waals surface area contributed by atoms with Crippen molar-refractivity contribution in [3.05, 3.63) is 70.3 Å². The molecular formula is C28H24ClF3N8O3. The van der Waals surface area contributed by atoms with Gasteiger partial charge in [-0.2, -0.15) is 5.10 Å². The van der Waals surface area contributed by atoms with Gasteiger partial charge in [-0.3, -0.25) is 24.2 Å². The normalized spacial score (nSPS) is 18.3. The number of hydrogen-bond donors (Lipinski definition) is 1. The molecular weight excluding hydrogens is 589 g/mol. The minimum atomic E-state index is -3.05. The molecule has 1 aliphatic carbocycles. The van der Waals surface area contributed by atoms with Crippen LogP contribution in [-0.2, 0) is 16.1 Å². The van der Waals surface area contributed by atoms with Crippen molar-refractivity contribution in [2.75, 3.05) is 18.6 Å². The van der Waals surface area contributed by atoms with E-state index in [1.54, 1.807) is 28.2 Å². The van der Waals surface area contributed by atoms with E-state index in [-0.39, 0.29) is 35.5 Å². The van der Waals surface area contributed by atoms with Gasteiger partial charge in [0.05, 0.1) is 35.3 Å². The summed E-state index contributed by atoms with van der Waals surface area (Å²) in [5.41, 5.74) is 5.04. The summed E-state index contributed by atoms with van der Waals surface area (Å²) in [5, 5.41) is 4.20. The van der Waals surface area contributed by atoms with Crippen LogP contribution in [0.4, 0.5) is 19.1 Å². The van der Waals surface area contributed by atoms with Crippen LogP contribution in [0.2, 0.25) is 5.02 Å². The van der Waals surface area contributed by atoms with E-state index in [9.17, 15) is 22.8 Å². The van der Waals surface area contributed by atoms with Gasteiger partial charge >= 0.3 is 0 Å². The SMILES string of the molecule is COCc1nn([C@@H](C)c2cnc(N3C[C@H]4C[C@H]4C3=O)nc2)cc1-c1ncc(-c2c(C(F)F)ccc(Cl)c2F)nc1C(N)=O. The highest BCUT2D eigenvalue weighted by Gasteiger charge is 2.53. The zero-order valence-electron chi connectivity index (χ0n) is 22.8. The predicted molar refractivity (Wildman–Crippen MR) is 148 cm³/mol. The smallest absolute Gasteiger partial charge is 0.269 e. The second-order valence-electron chi connectivity index (χ2n) is 10.4. The molecule has 1 aliphatic heterocycles. The van der Waals surface area contributed by atoms with Crippen LogP contribution in [0.25, 0.3) is 22.5 Å². The minimum Gasteiger partial charge on any atom is -0.378 e. The number of piperidine rings is 1. The van der Waals surface area contributed by atoms with Gasteiger partial charge in [0.15, 0.2) is 11.5 Å². The minimum absolute atomic E-state index is 0.000456. The van der Waals surface area contributed by atoms with Crippen molar-refractivity contribution in [2.24, 2.45) is 17.6 Å². The molecule has 11 nitrogen and oxygen atoms in total. The number of nitrogens with zero attached hydrogens (tertiary/aromatic N) is 7. The highest BCUT2D eigenvalue weighted by Crippen LogP contribution is 2.46. The number of methoxy groups -OCH3 is 1. The number of carbonyl (C=O) groups excluding carboxylic acids is 2. The maximum Gasteiger partial charge on any atom is 0.269 e. The molecule has 1 saturated heterocycles.